The number of rotatable bonds is 3. The maximum absolute atomic E-state index is 5.26. The van der Waals surface area contributed by atoms with E-state index in [1.54, 1.807) is 7.11 Å². The number of nitrogens with zero attached hydrogens (tertiary/aromatic N) is 2. The lowest BCUT2D eigenvalue weighted by atomic mass is 9.96. The standard InChI is InChI=1S/C16H19N3O/c1-20-14-6-2-4-12(8-14)15-10-18-11-16(19-15)13-5-3-7-17-9-13/h2,4,6,8,10-11,13,17H,3,5,7,9H2,1H3. The van der Waals surface area contributed by atoms with Crippen LogP contribution in [0, 0.1) is 0 Å². The number of ether oxygens (including phenoxy) is 1. The Morgan fingerprint density at radius 1 is 1.30 bits per heavy atom. The average Bonchev–Trinajstić information content (AvgIpc) is 2.56. The molecule has 3 rings (SSSR count). The molecule has 0 radical (unpaired) electrons. The number of aromatic nitrogens is 2. The zero-order valence-corrected chi connectivity index (χ0v) is 11.7. The predicted octanol–water partition coefficient (Wildman–Crippen LogP) is 2.62. The van der Waals surface area contributed by atoms with E-state index in [-0.39, 0.29) is 0 Å². The van der Waals surface area contributed by atoms with Gasteiger partial charge in [-0.3, -0.25) is 4.98 Å². The first-order valence-electron chi connectivity index (χ1n) is 7.04. The lowest BCUT2D eigenvalue weighted by Gasteiger charge is -2.22. The number of piperidine rings is 1. The van der Waals surface area contributed by atoms with Gasteiger partial charge in [0.15, 0.2) is 0 Å². The van der Waals surface area contributed by atoms with Crippen LogP contribution in [0.3, 0.4) is 0 Å². The van der Waals surface area contributed by atoms with Gasteiger partial charge in [0.1, 0.15) is 5.75 Å². The van der Waals surface area contributed by atoms with E-state index >= 15 is 0 Å². The van der Waals surface area contributed by atoms with Crippen LogP contribution in [0.1, 0.15) is 24.5 Å². The molecule has 0 saturated carbocycles. The molecule has 4 nitrogen and oxygen atoms in total. The summed E-state index contributed by atoms with van der Waals surface area (Å²) in [5.41, 5.74) is 3.03. The molecule has 1 aliphatic rings. The number of methoxy groups -OCH3 is 1. The van der Waals surface area contributed by atoms with E-state index in [9.17, 15) is 0 Å². The normalized spacial score (nSPS) is 18.8. The molecule has 4 heteroatoms. The molecule has 1 aromatic carbocycles. The molecule has 1 N–H and O–H groups in total. The number of benzene rings is 1. The quantitative estimate of drug-likeness (QED) is 0.930. The van der Waals surface area contributed by atoms with Gasteiger partial charge in [0.2, 0.25) is 0 Å². The smallest absolute Gasteiger partial charge is 0.119 e. The lowest BCUT2D eigenvalue weighted by Crippen LogP contribution is -2.28. The van der Waals surface area contributed by atoms with Crippen LogP contribution in [0.5, 0.6) is 5.75 Å². The highest BCUT2D eigenvalue weighted by Gasteiger charge is 2.17. The molecule has 0 amide bonds. The van der Waals surface area contributed by atoms with Gasteiger partial charge in [0.05, 0.1) is 24.7 Å². The minimum Gasteiger partial charge on any atom is -0.497 e. The minimum atomic E-state index is 0.474. The van der Waals surface area contributed by atoms with E-state index < -0.39 is 0 Å². The number of nitrogens with one attached hydrogen (secondary N) is 1. The van der Waals surface area contributed by atoms with Gasteiger partial charge < -0.3 is 10.1 Å². The summed E-state index contributed by atoms with van der Waals surface area (Å²) in [5.74, 6) is 1.32. The Hall–Kier alpha value is -1.94. The van der Waals surface area contributed by atoms with Crippen molar-refractivity contribution in [1.82, 2.24) is 15.3 Å². The number of hydrogen-bond acceptors (Lipinski definition) is 4. The van der Waals surface area contributed by atoms with Crippen molar-refractivity contribution >= 4 is 0 Å². The summed E-state index contributed by atoms with van der Waals surface area (Å²) in [5, 5.41) is 3.42. The maximum Gasteiger partial charge on any atom is 0.119 e. The molecule has 1 fully saturated rings. The fraction of sp³-hybridized carbons (Fsp3) is 0.375. The average molecular weight is 269 g/mol. The van der Waals surface area contributed by atoms with Crippen molar-refractivity contribution in [2.24, 2.45) is 0 Å². The van der Waals surface area contributed by atoms with Crippen LogP contribution in [0.15, 0.2) is 36.7 Å². The van der Waals surface area contributed by atoms with E-state index in [0.29, 0.717) is 5.92 Å². The van der Waals surface area contributed by atoms with E-state index in [2.05, 4.69) is 10.3 Å². The largest absolute Gasteiger partial charge is 0.497 e. The van der Waals surface area contributed by atoms with E-state index in [4.69, 9.17) is 9.72 Å². The molecule has 1 atom stereocenters. The second kappa shape index (κ2) is 6.01. The van der Waals surface area contributed by atoms with Gasteiger partial charge in [-0.2, -0.15) is 0 Å². The van der Waals surface area contributed by atoms with Crippen molar-refractivity contribution in [3.63, 3.8) is 0 Å². The highest BCUT2D eigenvalue weighted by Crippen LogP contribution is 2.25. The van der Waals surface area contributed by atoms with E-state index in [1.807, 2.05) is 36.7 Å². The van der Waals surface area contributed by atoms with Gasteiger partial charge in [-0.15, -0.1) is 0 Å². The SMILES string of the molecule is COc1cccc(-c2cncc(C3CCCNC3)n2)c1. The fourth-order valence-corrected chi connectivity index (χ4v) is 2.60. The highest BCUT2D eigenvalue weighted by molar-refractivity contribution is 5.60. The van der Waals surface area contributed by atoms with Gasteiger partial charge >= 0.3 is 0 Å². The van der Waals surface area contributed by atoms with Gasteiger partial charge in [0.25, 0.3) is 0 Å². The third kappa shape index (κ3) is 2.80. The molecule has 0 spiro atoms. The first kappa shape index (κ1) is 13.1. The van der Waals surface area contributed by atoms with Crippen LogP contribution >= 0.6 is 0 Å². The van der Waals surface area contributed by atoms with Gasteiger partial charge in [0, 0.05) is 24.2 Å². The van der Waals surface area contributed by atoms with Crippen molar-refractivity contribution in [1.29, 1.82) is 0 Å². The maximum atomic E-state index is 5.26. The molecule has 2 heterocycles. The van der Waals surface area contributed by atoms with Gasteiger partial charge in [-0.25, -0.2) is 4.98 Å². The summed E-state index contributed by atoms with van der Waals surface area (Å²) in [7, 11) is 1.68. The molecule has 2 aromatic rings. The van der Waals surface area contributed by atoms with Gasteiger partial charge in [-0.1, -0.05) is 12.1 Å². The fourth-order valence-electron chi connectivity index (χ4n) is 2.60. The summed E-state index contributed by atoms with van der Waals surface area (Å²) >= 11 is 0. The molecule has 1 saturated heterocycles. The molecule has 104 valence electrons. The second-order valence-corrected chi connectivity index (χ2v) is 5.10. The summed E-state index contributed by atoms with van der Waals surface area (Å²) < 4.78 is 5.26. The summed E-state index contributed by atoms with van der Waals surface area (Å²) in [6.45, 7) is 2.11. The topological polar surface area (TPSA) is 47.0 Å². The molecule has 1 aromatic heterocycles. The highest BCUT2D eigenvalue weighted by atomic mass is 16.5. The first-order valence-corrected chi connectivity index (χ1v) is 7.04. The molecular formula is C16H19N3O. The summed E-state index contributed by atoms with van der Waals surface area (Å²) in [4.78, 5) is 9.14. The number of hydrogen-bond donors (Lipinski definition) is 1. The van der Waals surface area contributed by atoms with Crippen molar-refractivity contribution in [2.45, 2.75) is 18.8 Å². The van der Waals surface area contributed by atoms with Crippen LogP contribution in [0.4, 0.5) is 0 Å². The van der Waals surface area contributed by atoms with Crippen LogP contribution in [-0.4, -0.2) is 30.2 Å². The van der Waals surface area contributed by atoms with Crippen LogP contribution < -0.4 is 10.1 Å². The van der Waals surface area contributed by atoms with Crippen LogP contribution in [0.2, 0.25) is 0 Å². The van der Waals surface area contributed by atoms with Crippen molar-refractivity contribution in [2.75, 3.05) is 20.2 Å². The Morgan fingerprint density at radius 3 is 3.05 bits per heavy atom. The zero-order chi connectivity index (χ0) is 13.8. The van der Waals surface area contributed by atoms with Gasteiger partial charge in [-0.05, 0) is 31.5 Å². The van der Waals surface area contributed by atoms with Crippen molar-refractivity contribution in [3.8, 4) is 17.0 Å². The second-order valence-electron chi connectivity index (χ2n) is 5.10. The summed E-state index contributed by atoms with van der Waals surface area (Å²) in [6.07, 6.45) is 6.09. The Labute approximate surface area is 119 Å². The van der Waals surface area contributed by atoms with Crippen LogP contribution in [0.25, 0.3) is 11.3 Å². The minimum absolute atomic E-state index is 0.474. The Balaban J connectivity index is 1.89. The zero-order valence-electron chi connectivity index (χ0n) is 11.7. The molecule has 0 aliphatic carbocycles. The third-order valence-corrected chi connectivity index (χ3v) is 3.73. The monoisotopic (exact) mass is 269 g/mol. The van der Waals surface area contributed by atoms with Crippen molar-refractivity contribution in [3.05, 3.63) is 42.4 Å². The molecule has 0 bridgehead atoms. The Bertz CT molecular complexity index is 579. The van der Waals surface area contributed by atoms with Crippen molar-refractivity contribution < 1.29 is 4.74 Å². The van der Waals surface area contributed by atoms with Crippen LogP contribution in [-0.2, 0) is 0 Å². The molecule has 1 aliphatic heterocycles. The van der Waals surface area contributed by atoms with E-state index in [1.165, 1.54) is 12.8 Å². The third-order valence-electron chi connectivity index (χ3n) is 3.73. The molecular weight excluding hydrogens is 250 g/mol. The predicted molar refractivity (Wildman–Crippen MR) is 78.9 cm³/mol. The Kier molecular flexibility index (Phi) is 3.92. The first-order chi connectivity index (χ1) is 9.86. The molecule has 20 heavy (non-hydrogen) atoms. The Morgan fingerprint density at radius 2 is 2.25 bits per heavy atom. The van der Waals surface area contributed by atoms with E-state index in [0.717, 1.165) is 35.8 Å². The lowest BCUT2D eigenvalue weighted by molar-refractivity contribution is 0.415. The summed E-state index contributed by atoms with van der Waals surface area (Å²) in [6, 6.07) is 7.94. The molecule has 1 unspecified atom stereocenters.